The van der Waals surface area contributed by atoms with Crippen LogP contribution in [0.5, 0.6) is 0 Å². The summed E-state index contributed by atoms with van der Waals surface area (Å²) in [5.41, 5.74) is 0. The number of Topliss-reactive ketones (excluding diaryl/α,β-unsaturated/α-hetero) is 1. The number of nitrogens with zero attached hydrogens (tertiary/aromatic N) is 2. The first-order chi connectivity index (χ1) is 7.72. The van der Waals surface area contributed by atoms with Gasteiger partial charge in [0.15, 0.2) is 5.16 Å². The first-order valence-electron chi connectivity index (χ1n) is 4.88. The lowest BCUT2D eigenvalue weighted by molar-refractivity contribution is -0.144. The maximum Gasteiger partial charge on any atom is 0.306 e. The number of rotatable bonds is 7. The Balaban J connectivity index is 2.14. The van der Waals surface area contributed by atoms with Crippen LogP contribution >= 0.6 is 11.8 Å². The van der Waals surface area contributed by atoms with E-state index in [1.807, 2.05) is 0 Å². The first kappa shape index (κ1) is 12.7. The Kier molecular flexibility index (Phi) is 5.55. The van der Waals surface area contributed by atoms with Crippen LogP contribution in [0.1, 0.15) is 19.8 Å². The molecule has 0 saturated carbocycles. The summed E-state index contributed by atoms with van der Waals surface area (Å²) in [7, 11) is 0. The van der Waals surface area contributed by atoms with Crippen LogP contribution in [0.3, 0.4) is 0 Å². The van der Waals surface area contributed by atoms with Gasteiger partial charge in [0.05, 0.1) is 18.8 Å². The average molecular weight is 243 g/mol. The minimum Gasteiger partial charge on any atom is -0.466 e. The van der Waals surface area contributed by atoms with Gasteiger partial charge in [-0.15, -0.1) is 0 Å². The van der Waals surface area contributed by atoms with Crippen molar-refractivity contribution in [1.29, 1.82) is 0 Å². The van der Waals surface area contributed by atoms with Gasteiger partial charge >= 0.3 is 5.97 Å². The molecule has 1 aromatic rings. The Bertz CT molecular complexity index is 340. The number of aromatic amines is 1. The first-order valence-corrected chi connectivity index (χ1v) is 5.86. The molecule has 0 radical (unpaired) electrons. The third-order valence-electron chi connectivity index (χ3n) is 1.68. The van der Waals surface area contributed by atoms with E-state index in [9.17, 15) is 9.59 Å². The van der Waals surface area contributed by atoms with Crippen LogP contribution in [-0.4, -0.2) is 39.3 Å². The number of carbonyl (C=O) groups is 2. The zero-order valence-corrected chi connectivity index (χ0v) is 9.75. The molecule has 0 saturated heterocycles. The molecule has 0 bridgehead atoms. The van der Waals surface area contributed by atoms with Gasteiger partial charge in [0.1, 0.15) is 12.1 Å². The number of carbonyl (C=O) groups excluding carboxylic acids is 2. The minimum absolute atomic E-state index is 0.00514. The van der Waals surface area contributed by atoms with Crippen LogP contribution in [0.4, 0.5) is 0 Å². The second-order valence-corrected chi connectivity index (χ2v) is 3.89. The quantitative estimate of drug-likeness (QED) is 0.563. The smallest absolute Gasteiger partial charge is 0.306 e. The largest absolute Gasteiger partial charge is 0.466 e. The molecular weight excluding hydrogens is 230 g/mol. The molecule has 0 atom stereocenters. The molecule has 0 aliphatic heterocycles. The molecule has 0 fully saturated rings. The number of thioether (sulfide) groups is 1. The maximum atomic E-state index is 11.4. The van der Waals surface area contributed by atoms with Gasteiger partial charge in [-0.3, -0.25) is 14.7 Å². The van der Waals surface area contributed by atoms with Gasteiger partial charge in [-0.2, -0.15) is 5.10 Å². The predicted molar refractivity (Wildman–Crippen MR) is 58.0 cm³/mol. The SMILES string of the molecule is CCOC(=O)CCC(=O)CSc1ncn[nH]1. The summed E-state index contributed by atoms with van der Waals surface area (Å²) in [5.74, 6) is -0.0517. The normalized spacial score (nSPS) is 10.1. The highest BCUT2D eigenvalue weighted by Crippen LogP contribution is 2.11. The molecule has 6 nitrogen and oxygen atoms in total. The summed E-state index contributed by atoms with van der Waals surface area (Å²) < 4.78 is 4.72. The average Bonchev–Trinajstić information content (AvgIpc) is 2.77. The van der Waals surface area contributed by atoms with Crippen molar-refractivity contribution in [1.82, 2.24) is 15.2 Å². The molecule has 1 N–H and O–H groups in total. The zero-order valence-electron chi connectivity index (χ0n) is 8.93. The van der Waals surface area contributed by atoms with Crippen molar-refractivity contribution in [3.63, 3.8) is 0 Å². The van der Waals surface area contributed by atoms with Gasteiger partial charge in [-0.05, 0) is 6.92 Å². The number of ketones is 1. The van der Waals surface area contributed by atoms with Crippen LogP contribution in [0.2, 0.25) is 0 Å². The zero-order chi connectivity index (χ0) is 11.8. The summed E-state index contributed by atoms with van der Waals surface area (Å²) >= 11 is 1.27. The third kappa shape index (κ3) is 4.92. The summed E-state index contributed by atoms with van der Waals surface area (Å²) in [6, 6.07) is 0. The van der Waals surface area contributed by atoms with E-state index in [0.717, 1.165) is 0 Å². The molecule has 1 heterocycles. The fraction of sp³-hybridized carbons (Fsp3) is 0.556. The molecule has 1 rings (SSSR count). The van der Waals surface area contributed by atoms with Gasteiger partial charge in [0.2, 0.25) is 0 Å². The third-order valence-corrected chi connectivity index (χ3v) is 2.61. The topological polar surface area (TPSA) is 84.9 Å². The standard InChI is InChI=1S/C9H13N3O3S/c1-2-15-8(14)4-3-7(13)5-16-9-10-6-11-12-9/h6H,2-5H2,1H3,(H,10,11,12). The highest BCUT2D eigenvalue weighted by Gasteiger charge is 2.08. The molecule has 88 valence electrons. The molecule has 7 heteroatoms. The number of hydrogen-bond acceptors (Lipinski definition) is 6. The van der Waals surface area contributed by atoms with Gasteiger partial charge in [-0.25, -0.2) is 4.98 Å². The van der Waals surface area contributed by atoms with Crippen molar-refractivity contribution in [2.24, 2.45) is 0 Å². The van der Waals surface area contributed by atoms with E-state index >= 15 is 0 Å². The number of hydrogen-bond donors (Lipinski definition) is 1. The summed E-state index contributed by atoms with van der Waals surface area (Å²) in [4.78, 5) is 26.2. The number of aromatic nitrogens is 3. The van der Waals surface area contributed by atoms with E-state index in [4.69, 9.17) is 4.74 Å². The van der Waals surface area contributed by atoms with Gasteiger partial charge in [-0.1, -0.05) is 11.8 Å². The molecule has 16 heavy (non-hydrogen) atoms. The lowest BCUT2D eigenvalue weighted by Gasteiger charge is -2.00. The van der Waals surface area contributed by atoms with Crippen LogP contribution < -0.4 is 0 Å². The molecule has 0 unspecified atom stereocenters. The number of ether oxygens (including phenoxy) is 1. The Morgan fingerprint density at radius 3 is 2.94 bits per heavy atom. The van der Waals surface area contributed by atoms with Crippen molar-refractivity contribution >= 4 is 23.5 Å². The second-order valence-electron chi connectivity index (χ2n) is 2.92. The van der Waals surface area contributed by atoms with Crippen molar-refractivity contribution < 1.29 is 14.3 Å². The lowest BCUT2D eigenvalue weighted by atomic mass is 10.2. The van der Waals surface area contributed by atoms with Gasteiger partial charge in [0, 0.05) is 6.42 Å². The van der Waals surface area contributed by atoms with E-state index in [1.165, 1.54) is 18.1 Å². The fourth-order valence-corrected chi connectivity index (χ4v) is 1.64. The minimum atomic E-state index is -0.333. The Morgan fingerprint density at radius 1 is 1.50 bits per heavy atom. The Hall–Kier alpha value is -1.37. The van der Waals surface area contributed by atoms with Gasteiger partial charge < -0.3 is 4.74 Å². The molecular formula is C9H13N3O3S. The number of nitrogens with one attached hydrogen (secondary N) is 1. The van der Waals surface area contributed by atoms with E-state index in [-0.39, 0.29) is 30.3 Å². The molecule has 0 aliphatic carbocycles. The van der Waals surface area contributed by atoms with Crippen LogP contribution in [-0.2, 0) is 14.3 Å². The van der Waals surface area contributed by atoms with Crippen molar-refractivity contribution in [3.05, 3.63) is 6.33 Å². The van der Waals surface area contributed by atoms with Gasteiger partial charge in [0.25, 0.3) is 0 Å². The monoisotopic (exact) mass is 243 g/mol. The maximum absolute atomic E-state index is 11.4. The predicted octanol–water partition coefficient (Wildman–Crippen LogP) is 0.809. The van der Waals surface area contributed by atoms with Crippen LogP contribution in [0.15, 0.2) is 11.5 Å². The number of esters is 1. The highest BCUT2D eigenvalue weighted by molar-refractivity contribution is 7.99. The summed E-state index contributed by atoms with van der Waals surface area (Å²) in [6.45, 7) is 2.08. The molecule has 0 aromatic carbocycles. The van der Waals surface area contributed by atoms with Crippen molar-refractivity contribution in [2.75, 3.05) is 12.4 Å². The van der Waals surface area contributed by atoms with E-state index in [0.29, 0.717) is 11.8 Å². The summed E-state index contributed by atoms with van der Waals surface area (Å²) in [6.07, 6.45) is 1.73. The molecule has 1 aromatic heterocycles. The fourth-order valence-electron chi connectivity index (χ4n) is 0.959. The van der Waals surface area contributed by atoms with E-state index < -0.39 is 0 Å². The second kappa shape index (κ2) is 7.00. The Morgan fingerprint density at radius 2 is 2.31 bits per heavy atom. The van der Waals surface area contributed by atoms with Crippen LogP contribution in [0, 0.1) is 0 Å². The van der Waals surface area contributed by atoms with E-state index in [2.05, 4.69) is 15.2 Å². The molecule has 0 spiro atoms. The lowest BCUT2D eigenvalue weighted by Crippen LogP contribution is -2.09. The molecule has 0 amide bonds. The van der Waals surface area contributed by atoms with Crippen molar-refractivity contribution in [3.8, 4) is 0 Å². The van der Waals surface area contributed by atoms with E-state index in [1.54, 1.807) is 6.92 Å². The molecule has 0 aliphatic rings. The highest BCUT2D eigenvalue weighted by atomic mass is 32.2. The Labute approximate surface area is 97.2 Å². The van der Waals surface area contributed by atoms with Crippen LogP contribution in [0.25, 0.3) is 0 Å². The number of H-pyrrole nitrogens is 1. The summed E-state index contributed by atoms with van der Waals surface area (Å²) in [5, 5.41) is 6.89. The van der Waals surface area contributed by atoms with Crippen molar-refractivity contribution in [2.45, 2.75) is 24.9 Å².